The lowest BCUT2D eigenvalue weighted by Crippen LogP contribution is -2.18. The smallest absolute Gasteiger partial charge is 0.240 e. The first-order valence-electron chi connectivity index (χ1n) is 5.97. The first-order valence-corrected chi connectivity index (χ1v) is 7.45. The number of rotatable bonds is 5. The van der Waals surface area contributed by atoms with Crippen LogP contribution in [0.1, 0.15) is 5.82 Å². The van der Waals surface area contributed by atoms with Gasteiger partial charge in [-0.05, 0) is 25.2 Å². The summed E-state index contributed by atoms with van der Waals surface area (Å²) in [5.74, 6) is 0.858. The first kappa shape index (κ1) is 14.4. The van der Waals surface area contributed by atoms with Crippen LogP contribution in [0.15, 0.2) is 35.5 Å². The Labute approximate surface area is 117 Å². The molecule has 0 bridgehead atoms. The lowest BCUT2D eigenvalue weighted by atomic mass is 10.2. The molecule has 2 rings (SSSR count). The van der Waals surface area contributed by atoms with Crippen LogP contribution in [0.4, 0.5) is 11.4 Å². The van der Waals surface area contributed by atoms with Crippen molar-refractivity contribution >= 4 is 21.4 Å². The van der Waals surface area contributed by atoms with Crippen LogP contribution in [0.5, 0.6) is 0 Å². The van der Waals surface area contributed by atoms with Crippen molar-refractivity contribution < 1.29 is 8.42 Å². The minimum atomic E-state index is -3.48. The fourth-order valence-corrected chi connectivity index (χ4v) is 2.49. The number of nitrogen functional groups attached to an aromatic ring is 1. The van der Waals surface area contributed by atoms with E-state index in [1.54, 1.807) is 12.3 Å². The zero-order valence-electron chi connectivity index (χ0n) is 11.3. The lowest BCUT2D eigenvalue weighted by molar-refractivity contribution is 0.588. The Morgan fingerprint density at radius 2 is 2.15 bits per heavy atom. The molecule has 0 saturated heterocycles. The highest BCUT2D eigenvalue weighted by Crippen LogP contribution is 2.22. The van der Waals surface area contributed by atoms with Crippen molar-refractivity contribution in [2.45, 2.75) is 11.4 Å². The summed E-state index contributed by atoms with van der Waals surface area (Å²) in [4.78, 5) is 4.32. The van der Waals surface area contributed by atoms with Crippen molar-refractivity contribution in [3.05, 3.63) is 36.4 Å². The number of hydrogen-bond acceptors (Lipinski definition) is 5. The SMILES string of the molecule is CNS(=O)(=O)c1ccc(NCc2nccn2C)c(N)c1. The second-order valence-electron chi connectivity index (χ2n) is 4.26. The van der Waals surface area contributed by atoms with E-state index in [4.69, 9.17) is 5.73 Å². The molecule has 0 aliphatic carbocycles. The molecule has 1 heterocycles. The van der Waals surface area contributed by atoms with Crippen LogP contribution in [-0.4, -0.2) is 25.0 Å². The number of imidazole rings is 1. The Morgan fingerprint density at radius 1 is 1.40 bits per heavy atom. The van der Waals surface area contributed by atoms with Crippen LogP contribution in [0, 0.1) is 0 Å². The zero-order valence-corrected chi connectivity index (χ0v) is 12.1. The molecule has 0 radical (unpaired) electrons. The van der Waals surface area contributed by atoms with E-state index in [2.05, 4.69) is 15.0 Å². The fourth-order valence-electron chi connectivity index (χ4n) is 1.73. The predicted octanol–water partition coefficient (Wildman–Crippen LogP) is 0.522. The number of hydrogen-bond donors (Lipinski definition) is 3. The van der Waals surface area contributed by atoms with Crippen molar-refractivity contribution in [3.63, 3.8) is 0 Å². The molecule has 1 aromatic heterocycles. The summed E-state index contributed by atoms with van der Waals surface area (Å²) in [6, 6.07) is 4.57. The van der Waals surface area contributed by atoms with Crippen molar-refractivity contribution in [2.75, 3.05) is 18.1 Å². The van der Waals surface area contributed by atoms with Gasteiger partial charge < -0.3 is 15.6 Å². The molecular weight excluding hydrogens is 278 g/mol. The van der Waals surface area contributed by atoms with Gasteiger partial charge in [0.1, 0.15) is 5.82 Å². The Kier molecular flexibility index (Phi) is 3.96. The number of nitrogens with two attached hydrogens (primary N) is 1. The van der Waals surface area contributed by atoms with E-state index in [0.29, 0.717) is 17.9 Å². The molecule has 0 amide bonds. The maximum absolute atomic E-state index is 11.7. The molecule has 0 spiro atoms. The number of aryl methyl sites for hydroxylation is 1. The molecule has 20 heavy (non-hydrogen) atoms. The van der Waals surface area contributed by atoms with Crippen molar-refractivity contribution in [2.24, 2.45) is 7.05 Å². The summed E-state index contributed by atoms with van der Waals surface area (Å²) in [5.41, 5.74) is 6.91. The average Bonchev–Trinajstić information content (AvgIpc) is 2.83. The Morgan fingerprint density at radius 3 is 2.70 bits per heavy atom. The summed E-state index contributed by atoms with van der Waals surface area (Å²) < 4.78 is 27.4. The van der Waals surface area contributed by atoms with Gasteiger partial charge in [-0.1, -0.05) is 0 Å². The Hall–Kier alpha value is -2.06. The number of nitrogens with one attached hydrogen (secondary N) is 2. The molecule has 4 N–H and O–H groups in total. The fraction of sp³-hybridized carbons (Fsp3) is 0.250. The van der Waals surface area contributed by atoms with Gasteiger partial charge in [0.25, 0.3) is 0 Å². The van der Waals surface area contributed by atoms with Gasteiger partial charge in [-0.15, -0.1) is 0 Å². The standard InChI is InChI=1S/C12H17N5O2S/c1-14-20(18,19)9-3-4-11(10(13)7-9)16-8-12-15-5-6-17(12)2/h3-7,14,16H,8,13H2,1-2H3. The molecule has 0 unspecified atom stereocenters. The third-order valence-electron chi connectivity index (χ3n) is 2.96. The van der Waals surface area contributed by atoms with Gasteiger partial charge in [-0.2, -0.15) is 0 Å². The topological polar surface area (TPSA) is 102 Å². The summed E-state index contributed by atoms with van der Waals surface area (Å²) in [7, 11) is -0.218. The highest BCUT2D eigenvalue weighted by atomic mass is 32.2. The van der Waals surface area contributed by atoms with Crippen LogP contribution < -0.4 is 15.8 Å². The van der Waals surface area contributed by atoms with Crippen LogP contribution in [-0.2, 0) is 23.6 Å². The number of anilines is 2. The van der Waals surface area contributed by atoms with Crippen molar-refractivity contribution in [3.8, 4) is 0 Å². The van der Waals surface area contributed by atoms with Crippen molar-refractivity contribution in [1.82, 2.24) is 14.3 Å². The molecule has 0 aliphatic rings. The maximum Gasteiger partial charge on any atom is 0.240 e. The van der Waals surface area contributed by atoms with Gasteiger partial charge in [0.05, 0.1) is 22.8 Å². The molecule has 7 nitrogen and oxygen atoms in total. The predicted molar refractivity (Wildman–Crippen MR) is 77.6 cm³/mol. The minimum Gasteiger partial charge on any atom is -0.397 e. The third kappa shape index (κ3) is 2.91. The largest absolute Gasteiger partial charge is 0.397 e. The zero-order chi connectivity index (χ0) is 14.8. The van der Waals surface area contributed by atoms with Crippen LogP contribution in [0.3, 0.4) is 0 Å². The van der Waals surface area contributed by atoms with E-state index in [1.807, 2.05) is 17.8 Å². The molecule has 1 aromatic carbocycles. The summed E-state index contributed by atoms with van der Waals surface area (Å²) in [6.45, 7) is 0.506. The number of nitrogens with zero attached hydrogens (tertiary/aromatic N) is 2. The molecule has 108 valence electrons. The van der Waals surface area contributed by atoms with E-state index in [0.717, 1.165) is 5.82 Å². The number of aromatic nitrogens is 2. The van der Waals surface area contributed by atoms with Crippen molar-refractivity contribution in [1.29, 1.82) is 0 Å². The minimum absolute atomic E-state index is 0.139. The van der Waals surface area contributed by atoms with E-state index in [9.17, 15) is 8.42 Å². The number of sulfonamides is 1. The highest BCUT2D eigenvalue weighted by molar-refractivity contribution is 7.89. The van der Waals surface area contributed by atoms with E-state index < -0.39 is 10.0 Å². The van der Waals surface area contributed by atoms with Crippen LogP contribution in [0.25, 0.3) is 0 Å². The molecule has 0 aliphatic heterocycles. The van der Waals surface area contributed by atoms with E-state index in [-0.39, 0.29) is 4.90 Å². The molecule has 2 aromatic rings. The average molecular weight is 295 g/mol. The lowest BCUT2D eigenvalue weighted by Gasteiger charge is -2.11. The quantitative estimate of drug-likeness (QED) is 0.698. The molecule has 8 heteroatoms. The van der Waals surface area contributed by atoms with Gasteiger partial charge >= 0.3 is 0 Å². The van der Waals surface area contributed by atoms with Gasteiger partial charge in [-0.25, -0.2) is 18.1 Å². The second kappa shape index (κ2) is 5.51. The summed E-state index contributed by atoms with van der Waals surface area (Å²) in [6.07, 6.45) is 3.56. The summed E-state index contributed by atoms with van der Waals surface area (Å²) in [5, 5.41) is 3.13. The first-order chi connectivity index (χ1) is 9.44. The normalized spacial score (nSPS) is 11.5. The molecule has 0 fully saturated rings. The van der Waals surface area contributed by atoms with Crippen LogP contribution in [0.2, 0.25) is 0 Å². The van der Waals surface area contributed by atoms with Gasteiger partial charge in [0.15, 0.2) is 0 Å². The van der Waals surface area contributed by atoms with Gasteiger partial charge in [0, 0.05) is 19.4 Å². The Balaban J connectivity index is 2.17. The molecule has 0 atom stereocenters. The highest BCUT2D eigenvalue weighted by Gasteiger charge is 2.13. The van der Waals surface area contributed by atoms with Gasteiger partial charge in [-0.3, -0.25) is 0 Å². The van der Waals surface area contributed by atoms with E-state index in [1.165, 1.54) is 19.2 Å². The molecular formula is C12H17N5O2S. The monoisotopic (exact) mass is 295 g/mol. The van der Waals surface area contributed by atoms with Crippen LogP contribution >= 0.6 is 0 Å². The van der Waals surface area contributed by atoms with Gasteiger partial charge in [0.2, 0.25) is 10.0 Å². The summed E-state index contributed by atoms with van der Waals surface area (Å²) >= 11 is 0. The number of benzene rings is 1. The molecule has 0 saturated carbocycles. The maximum atomic E-state index is 11.7. The second-order valence-corrected chi connectivity index (χ2v) is 6.15. The van der Waals surface area contributed by atoms with E-state index >= 15 is 0 Å². The third-order valence-corrected chi connectivity index (χ3v) is 4.37. The Bertz CT molecular complexity index is 708.